The molecule has 0 atom stereocenters. The van der Waals surface area contributed by atoms with E-state index in [0.717, 1.165) is 45.8 Å². The minimum absolute atomic E-state index is 0.0325. The average Bonchev–Trinajstić information content (AvgIpc) is 3.36. The van der Waals surface area contributed by atoms with Gasteiger partial charge in [-0.3, -0.25) is 9.36 Å². The Balaban J connectivity index is 1.53. The lowest BCUT2D eigenvalue weighted by Crippen LogP contribution is -2.21. The molecule has 7 heteroatoms. The molecule has 0 spiro atoms. The maximum absolute atomic E-state index is 13.0. The fourth-order valence-corrected chi connectivity index (χ4v) is 5.28. The molecule has 4 aromatic rings. The summed E-state index contributed by atoms with van der Waals surface area (Å²) in [4.78, 5) is 20.7. The Morgan fingerprint density at radius 3 is 3.08 bits per heavy atom. The monoisotopic (exact) mass is 369 g/mol. The van der Waals surface area contributed by atoms with Gasteiger partial charge in [-0.1, -0.05) is 11.2 Å². The molecule has 4 heterocycles. The molecule has 0 amide bonds. The second-order valence-electron chi connectivity index (χ2n) is 6.23. The van der Waals surface area contributed by atoms with Crippen molar-refractivity contribution in [1.29, 1.82) is 0 Å². The molecule has 1 aliphatic rings. The minimum atomic E-state index is 0.0325. The molecule has 0 radical (unpaired) electrons. The molecule has 0 N–H and O–H groups in total. The Morgan fingerprint density at radius 2 is 2.20 bits per heavy atom. The summed E-state index contributed by atoms with van der Waals surface area (Å²) in [5.74, 6) is 0.736. The third-order valence-corrected chi connectivity index (χ3v) is 6.68. The van der Waals surface area contributed by atoms with Gasteiger partial charge in [0.2, 0.25) is 0 Å². The van der Waals surface area contributed by atoms with Crippen molar-refractivity contribution in [2.24, 2.45) is 0 Å². The van der Waals surface area contributed by atoms with E-state index in [1.807, 2.05) is 23.6 Å². The Kier molecular flexibility index (Phi) is 3.57. The molecular formula is C18H15N3O2S2. The number of nitrogens with zero attached hydrogens (tertiary/aromatic N) is 3. The van der Waals surface area contributed by atoms with Crippen LogP contribution >= 0.6 is 22.7 Å². The predicted molar refractivity (Wildman–Crippen MR) is 99.4 cm³/mol. The van der Waals surface area contributed by atoms with Gasteiger partial charge < -0.3 is 4.52 Å². The summed E-state index contributed by atoms with van der Waals surface area (Å²) in [6.07, 6.45) is 6.05. The van der Waals surface area contributed by atoms with Crippen LogP contribution in [-0.4, -0.2) is 14.7 Å². The fourth-order valence-electron chi connectivity index (χ4n) is 3.39. The van der Waals surface area contributed by atoms with Gasteiger partial charge in [-0.2, -0.15) is 0 Å². The highest BCUT2D eigenvalue weighted by Gasteiger charge is 2.20. The molecule has 5 nitrogen and oxygen atoms in total. The Bertz CT molecular complexity index is 1110. The van der Waals surface area contributed by atoms with Crippen molar-refractivity contribution in [2.45, 2.75) is 32.2 Å². The van der Waals surface area contributed by atoms with E-state index >= 15 is 0 Å². The van der Waals surface area contributed by atoms with Crippen LogP contribution in [0.1, 0.15) is 29.0 Å². The molecule has 1 aliphatic carbocycles. The van der Waals surface area contributed by atoms with Crippen LogP contribution in [0, 0.1) is 0 Å². The lowest BCUT2D eigenvalue weighted by Gasteiger charge is -2.10. The summed E-state index contributed by atoms with van der Waals surface area (Å²) in [6, 6.07) is 5.86. The second-order valence-corrected chi connectivity index (χ2v) is 8.26. The van der Waals surface area contributed by atoms with Crippen molar-refractivity contribution in [3.63, 3.8) is 0 Å². The quantitative estimate of drug-likeness (QED) is 0.545. The number of hydrogen-bond donors (Lipinski definition) is 0. The van der Waals surface area contributed by atoms with Crippen LogP contribution < -0.4 is 5.56 Å². The van der Waals surface area contributed by atoms with Crippen molar-refractivity contribution < 1.29 is 4.52 Å². The van der Waals surface area contributed by atoms with Crippen molar-refractivity contribution >= 4 is 32.9 Å². The normalized spacial score (nSPS) is 14.1. The summed E-state index contributed by atoms with van der Waals surface area (Å²) in [5, 5.41) is 6.92. The van der Waals surface area contributed by atoms with Gasteiger partial charge in [0.25, 0.3) is 5.56 Å². The molecule has 5 rings (SSSR count). The molecule has 126 valence electrons. The van der Waals surface area contributed by atoms with Crippen molar-refractivity contribution in [1.82, 2.24) is 14.7 Å². The summed E-state index contributed by atoms with van der Waals surface area (Å²) in [6.45, 7) is 0.376. The highest BCUT2D eigenvalue weighted by Crippen LogP contribution is 2.33. The molecule has 0 fully saturated rings. The van der Waals surface area contributed by atoms with E-state index < -0.39 is 0 Å². The average molecular weight is 369 g/mol. The molecule has 4 aromatic heterocycles. The van der Waals surface area contributed by atoms with E-state index in [1.54, 1.807) is 33.6 Å². The summed E-state index contributed by atoms with van der Waals surface area (Å²) >= 11 is 3.28. The first-order valence-electron chi connectivity index (χ1n) is 8.29. The van der Waals surface area contributed by atoms with Crippen molar-refractivity contribution in [3.8, 4) is 10.6 Å². The van der Waals surface area contributed by atoms with Crippen molar-refractivity contribution in [3.05, 3.63) is 56.4 Å². The number of thiophene rings is 2. The number of aromatic nitrogens is 3. The SMILES string of the molecule is O=c1c2c3c(sc2ncn1Cc1cc(-c2cccs2)on1)CCCC3. The molecular weight excluding hydrogens is 354 g/mol. The van der Waals surface area contributed by atoms with Crippen LogP contribution in [0.2, 0.25) is 0 Å². The smallest absolute Gasteiger partial charge is 0.262 e. The lowest BCUT2D eigenvalue weighted by molar-refractivity contribution is 0.421. The number of hydrogen-bond acceptors (Lipinski definition) is 6. The molecule has 0 saturated carbocycles. The van der Waals surface area contributed by atoms with Crippen LogP contribution in [0.5, 0.6) is 0 Å². The van der Waals surface area contributed by atoms with E-state index in [0.29, 0.717) is 6.54 Å². The lowest BCUT2D eigenvalue weighted by atomic mass is 9.97. The zero-order chi connectivity index (χ0) is 16.8. The largest absolute Gasteiger partial charge is 0.355 e. The number of rotatable bonds is 3. The van der Waals surface area contributed by atoms with Gasteiger partial charge in [-0.05, 0) is 42.7 Å². The third-order valence-electron chi connectivity index (χ3n) is 4.60. The molecule has 0 bridgehead atoms. The fraction of sp³-hybridized carbons (Fsp3) is 0.278. The zero-order valence-electron chi connectivity index (χ0n) is 13.4. The summed E-state index contributed by atoms with van der Waals surface area (Å²) in [7, 11) is 0. The third kappa shape index (κ3) is 2.54. The molecule has 0 saturated heterocycles. The minimum Gasteiger partial charge on any atom is -0.355 e. The molecule has 0 unspecified atom stereocenters. The highest BCUT2D eigenvalue weighted by molar-refractivity contribution is 7.18. The van der Waals surface area contributed by atoms with Gasteiger partial charge in [0.05, 0.1) is 23.1 Å². The molecule has 0 aromatic carbocycles. The summed E-state index contributed by atoms with van der Waals surface area (Å²) in [5.41, 5.74) is 1.98. The first kappa shape index (κ1) is 15.0. The van der Waals surface area contributed by atoms with Gasteiger partial charge in [0, 0.05) is 10.9 Å². The standard InChI is InChI=1S/C18H15N3O2S2/c22-18-16-12-4-1-2-5-14(12)25-17(16)19-10-21(18)9-11-8-13(23-20-11)15-6-3-7-24-15/h3,6-8,10H,1-2,4-5,9H2. The van der Waals surface area contributed by atoms with Crippen LogP contribution in [0.25, 0.3) is 20.9 Å². The maximum atomic E-state index is 13.0. The van der Waals surface area contributed by atoms with Gasteiger partial charge in [0.15, 0.2) is 5.76 Å². The van der Waals surface area contributed by atoms with E-state index in [9.17, 15) is 4.79 Å². The number of fused-ring (bicyclic) bond motifs is 3. The summed E-state index contributed by atoms with van der Waals surface area (Å²) < 4.78 is 7.05. The van der Waals surface area contributed by atoms with Gasteiger partial charge >= 0.3 is 0 Å². The molecule has 0 aliphatic heterocycles. The van der Waals surface area contributed by atoms with Gasteiger partial charge in [-0.25, -0.2) is 4.98 Å². The highest BCUT2D eigenvalue weighted by atomic mass is 32.1. The zero-order valence-corrected chi connectivity index (χ0v) is 15.0. The van der Waals surface area contributed by atoms with E-state index in [4.69, 9.17) is 4.52 Å². The van der Waals surface area contributed by atoms with E-state index in [1.165, 1.54) is 16.9 Å². The second kappa shape index (κ2) is 5.93. The maximum Gasteiger partial charge on any atom is 0.262 e. The van der Waals surface area contributed by atoms with Crippen LogP contribution in [0.15, 0.2) is 39.2 Å². The topological polar surface area (TPSA) is 60.9 Å². The first-order chi connectivity index (χ1) is 12.3. The van der Waals surface area contributed by atoms with Gasteiger partial charge in [0.1, 0.15) is 10.5 Å². The first-order valence-corrected chi connectivity index (χ1v) is 9.98. The van der Waals surface area contributed by atoms with Crippen LogP contribution in [0.4, 0.5) is 0 Å². The Labute approximate surface area is 151 Å². The van der Waals surface area contributed by atoms with E-state index in [2.05, 4.69) is 10.1 Å². The van der Waals surface area contributed by atoms with Crippen LogP contribution in [-0.2, 0) is 19.4 Å². The van der Waals surface area contributed by atoms with E-state index in [-0.39, 0.29) is 5.56 Å². The molecule has 25 heavy (non-hydrogen) atoms. The Morgan fingerprint density at radius 1 is 1.28 bits per heavy atom. The predicted octanol–water partition coefficient (Wildman–Crippen LogP) is 4.10. The van der Waals surface area contributed by atoms with Gasteiger partial charge in [-0.15, -0.1) is 22.7 Å². The Hall–Kier alpha value is -2.25. The number of aryl methyl sites for hydroxylation is 2. The van der Waals surface area contributed by atoms with Crippen molar-refractivity contribution in [2.75, 3.05) is 0 Å². The van der Waals surface area contributed by atoms with Crippen LogP contribution in [0.3, 0.4) is 0 Å².